The standard InChI is InChI=1S/C20H18ClN3O2S/c21-16-10-8-14(9-11-16)18(13-4-2-1-3-5-13)22-17(25)12-27-20-24-23-19(26-20)15-6-7-15/h1-5,8-11,15,18H,6-7,12H2,(H,22,25)/t18-/m0/s1. The number of amides is 1. The predicted molar refractivity (Wildman–Crippen MR) is 105 cm³/mol. The summed E-state index contributed by atoms with van der Waals surface area (Å²) in [6.45, 7) is 0. The van der Waals surface area contributed by atoms with Gasteiger partial charge in [0, 0.05) is 10.9 Å². The van der Waals surface area contributed by atoms with E-state index in [9.17, 15) is 4.79 Å². The fourth-order valence-electron chi connectivity index (χ4n) is 2.76. The maximum atomic E-state index is 12.5. The quantitative estimate of drug-likeness (QED) is 0.588. The molecule has 5 nitrogen and oxygen atoms in total. The molecule has 0 unspecified atom stereocenters. The van der Waals surface area contributed by atoms with Crippen LogP contribution >= 0.6 is 23.4 Å². The summed E-state index contributed by atoms with van der Waals surface area (Å²) in [4.78, 5) is 12.5. The van der Waals surface area contributed by atoms with Crippen LogP contribution in [0.15, 0.2) is 64.2 Å². The van der Waals surface area contributed by atoms with Crippen molar-refractivity contribution in [2.75, 3.05) is 5.75 Å². The van der Waals surface area contributed by atoms with Gasteiger partial charge in [0.2, 0.25) is 11.8 Å². The third-order valence-electron chi connectivity index (χ3n) is 4.32. The number of nitrogens with one attached hydrogen (secondary N) is 1. The monoisotopic (exact) mass is 399 g/mol. The fraction of sp³-hybridized carbons (Fsp3) is 0.250. The van der Waals surface area contributed by atoms with Gasteiger partial charge in [0.05, 0.1) is 11.8 Å². The molecule has 1 aliphatic carbocycles. The van der Waals surface area contributed by atoms with E-state index in [1.165, 1.54) is 11.8 Å². The lowest BCUT2D eigenvalue weighted by atomic mass is 9.99. The van der Waals surface area contributed by atoms with Crippen molar-refractivity contribution in [1.82, 2.24) is 15.5 Å². The highest BCUT2D eigenvalue weighted by atomic mass is 35.5. The highest BCUT2D eigenvalue weighted by Crippen LogP contribution is 2.39. The molecule has 1 aliphatic rings. The number of rotatable bonds is 7. The molecule has 0 spiro atoms. The number of hydrogen-bond acceptors (Lipinski definition) is 5. The minimum absolute atomic E-state index is 0.102. The largest absolute Gasteiger partial charge is 0.416 e. The van der Waals surface area contributed by atoms with Crippen molar-refractivity contribution in [3.8, 4) is 0 Å². The molecule has 138 valence electrons. The molecule has 1 fully saturated rings. The van der Waals surface area contributed by atoms with Gasteiger partial charge in [-0.25, -0.2) is 0 Å². The minimum Gasteiger partial charge on any atom is -0.416 e. The summed E-state index contributed by atoms with van der Waals surface area (Å²) >= 11 is 7.26. The molecule has 27 heavy (non-hydrogen) atoms. The molecule has 1 amide bonds. The number of thioether (sulfide) groups is 1. The van der Waals surface area contributed by atoms with Crippen LogP contribution in [-0.2, 0) is 4.79 Å². The third-order valence-corrected chi connectivity index (χ3v) is 5.39. The van der Waals surface area contributed by atoms with E-state index in [4.69, 9.17) is 16.0 Å². The van der Waals surface area contributed by atoms with Gasteiger partial charge in [-0.05, 0) is 36.1 Å². The highest BCUT2D eigenvalue weighted by Gasteiger charge is 2.29. The first kappa shape index (κ1) is 18.1. The second kappa shape index (κ2) is 8.15. The molecule has 1 N–H and O–H groups in total. The summed E-state index contributed by atoms with van der Waals surface area (Å²) in [5.41, 5.74) is 1.98. The first-order valence-electron chi connectivity index (χ1n) is 8.75. The first-order chi connectivity index (χ1) is 13.2. The average molecular weight is 400 g/mol. The van der Waals surface area contributed by atoms with Gasteiger partial charge in [-0.3, -0.25) is 4.79 Å². The summed E-state index contributed by atoms with van der Waals surface area (Å²) in [6, 6.07) is 17.1. The highest BCUT2D eigenvalue weighted by molar-refractivity contribution is 7.99. The van der Waals surface area contributed by atoms with Crippen LogP contribution in [0.25, 0.3) is 0 Å². The van der Waals surface area contributed by atoms with Crippen LogP contribution in [0.4, 0.5) is 0 Å². The normalized spacial score (nSPS) is 14.7. The SMILES string of the molecule is O=C(CSc1nnc(C2CC2)o1)N[C@@H](c1ccccc1)c1ccc(Cl)cc1. The number of aromatic nitrogens is 2. The van der Waals surface area contributed by atoms with Crippen LogP contribution < -0.4 is 5.32 Å². The molecular formula is C20H18ClN3O2S. The van der Waals surface area contributed by atoms with Gasteiger partial charge in [0.1, 0.15) is 0 Å². The van der Waals surface area contributed by atoms with Crippen LogP contribution in [0.1, 0.15) is 41.8 Å². The van der Waals surface area contributed by atoms with Crippen molar-refractivity contribution in [3.05, 3.63) is 76.6 Å². The Kier molecular flexibility index (Phi) is 5.45. The van der Waals surface area contributed by atoms with E-state index in [-0.39, 0.29) is 17.7 Å². The van der Waals surface area contributed by atoms with E-state index in [1.807, 2.05) is 54.6 Å². The smallest absolute Gasteiger partial charge is 0.277 e. The predicted octanol–water partition coefficient (Wildman–Crippen LogP) is 4.60. The minimum atomic E-state index is -0.249. The van der Waals surface area contributed by atoms with E-state index in [1.54, 1.807) is 0 Å². The molecule has 3 aromatic rings. The maximum Gasteiger partial charge on any atom is 0.277 e. The molecule has 7 heteroatoms. The fourth-order valence-corrected chi connectivity index (χ4v) is 3.47. The summed E-state index contributed by atoms with van der Waals surface area (Å²) in [5, 5.41) is 12.2. The molecule has 2 aromatic carbocycles. The molecule has 1 atom stereocenters. The number of halogens is 1. The zero-order valence-corrected chi connectivity index (χ0v) is 16.0. The molecule has 0 bridgehead atoms. The van der Waals surface area contributed by atoms with Crippen LogP contribution in [0, 0.1) is 0 Å². The summed E-state index contributed by atoms with van der Waals surface area (Å²) < 4.78 is 5.59. The zero-order chi connectivity index (χ0) is 18.6. The molecule has 1 saturated carbocycles. The van der Waals surface area contributed by atoms with Gasteiger partial charge < -0.3 is 9.73 Å². The molecule has 4 rings (SSSR count). The Labute approximate surface area is 166 Å². The Hall–Kier alpha value is -2.31. The van der Waals surface area contributed by atoms with Crippen molar-refractivity contribution in [1.29, 1.82) is 0 Å². The number of hydrogen-bond donors (Lipinski definition) is 1. The lowest BCUT2D eigenvalue weighted by molar-refractivity contribution is -0.119. The summed E-state index contributed by atoms with van der Waals surface area (Å²) in [5.74, 6) is 1.20. The molecule has 1 heterocycles. The Morgan fingerprint density at radius 2 is 1.81 bits per heavy atom. The Morgan fingerprint density at radius 3 is 2.52 bits per heavy atom. The van der Waals surface area contributed by atoms with Crippen molar-refractivity contribution in [2.45, 2.75) is 30.0 Å². The lowest BCUT2D eigenvalue weighted by Gasteiger charge is -2.19. The van der Waals surface area contributed by atoms with Crippen molar-refractivity contribution in [2.24, 2.45) is 0 Å². The van der Waals surface area contributed by atoms with Crippen LogP contribution in [0.2, 0.25) is 5.02 Å². The van der Waals surface area contributed by atoms with Crippen molar-refractivity contribution in [3.63, 3.8) is 0 Å². The van der Waals surface area contributed by atoms with Gasteiger partial charge in [-0.15, -0.1) is 10.2 Å². The Morgan fingerprint density at radius 1 is 1.11 bits per heavy atom. The van der Waals surface area contributed by atoms with Crippen molar-refractivity contribution < 1.29 is 9.21 Å². The van der Waals surface area contributed by atoms with Gasteiger partial charge in [0.25, 0.3) is 5.22 Å². The van der Waals surface area contributed by atoms with Crippen LogP contribution in [0.3, 0.4) is 0 Å². The van der Waals surface area contributed by atoms with Gasteiger partial charge in [-0.1, -0.05) is 65.8 Å². The molecule has 0 aliphatic heterocycles. The second-order valence-electron chi connectivity index (χ2n) is 6.43. The second-order valence-corrected chi connectivity index (χ2v) is 7.79. The summed E-state index contributed by atoms with van der Waals surface area (Å²) in [6.07, 6.45) is 2.21. The van der Waals surface area contributed by atoms with E-state index < -0.39 is 0 Å². The third kappa shape index (κ3) is 4.70. The van der Waals surface area contributed by atoms with Crippen LogP contribution in [-0.4, -0.2) is 21.9 Å². The zero-order valence-electron chi connectivity index (χ0n) is 14.5. The molecule has 0 radical (unpaired) electrons. The van der Waals surface area contributed by atoms with Gasteiger partial charge in [0.15, 0.2) is 0 Å². The van der Waals surface area contributed by atoms with Gasteiger partial charge >= 0.3 is 0 Å². The Bertz CT molecular complexity index is 910. The number of benzene rings is 2. The maximum absolute atomic E-state index is 12.5. The topological polar surface area (TPSA) is 68.0 Å². The number of nitrogens with zero attached hydrogens (tertiary/aromatic N) is 2. The molecule has 0 saturated heterocycles. The van der Waals surface area contributed by atoms with Crippen LogP contribution in [0.5, 0.6) is 0 Å². The van der Waals surface area contributed by atoms with E-state index in [0.717, 1.165) is 24.0 Å². The van der Waals surface area contributed by atoms with E-state index in [2.05, 4.69) is 15.5 Å². The van der Waals surface area contributed by atoms with E-state index >= 15 is 0 Å². The average Bonchev–Trinajstić information content (AvgIpc) is 3.44. The summed E-state index contributed by atoms with van der Waals surface area (Å²) in [7, 11) is 0. The first-order valence-corrected chi connectivity index (χ1v) is 10.1. The van der Waals surface area contributed by atoms with E-state index in [0.29, 0.717) is 22.1 Å². The van der Waals surface area contributed by atoms with Crippen molar-refractivity contribution >= 4 is 29.3 Å². The Balaban J connectivity index is 1.43. The number of carbonyl (C=O) groups is 1. The molecular weight excluding hydrogens is 382 g/mol. The van der Waals surface area contributed by atoms with Gasteiger partial charge in [-0.2, -0.15) is 0 Å². The molecule has 1 aromatic heterocycles. The number of carbonyl (C=O) groups excluding carboxylic acids is 1. The lowest BCUT2D eigenvalue weighted by Crippen LogP contribution is -2.30.